The summed E-state index contributed by atoms with van der Waals surface area (Å²) in [5.41, 5.74) is 9.30. The minimum Gasteiger partial charge on any atom is -0.399 e. The van der Waals surface area contributed by atoms with Gasteiger partial charge in [-0.1, -0.05) is 0 Å². The number of nitrogens with two attached hydrogens (primary N) is 2. The normalized spacial score (nSPS) is 10.4. The molecule has 1 heterocycles. The number of amides is 1. The van der Waals surface area contributed by atoms with Gasteiger partial charge in [0.2, 0.25) is 0 Å². The van der Waals surface area contributed by atoms with E-state index in [4.69, 9.17) is 11.6 Å². The van der Waals surface area contributed by atoms with E-state index in [1.165, 1.54) is 11.3 Å². The molecule has 1 aromatic carbocycles. The number of carbonyl (C=O) groups excluding carboxylic acids is 1. The van der Waals surface area contributed by atoms with Gasteiger partial charge in [0.05, 0.1) is 5.69 Å². The molecule has 0 aliphatic heterocycles. The average molecular weight is 359 g/mol. The number of nitrogen functional groups attached to an aromatic ring is 2. The summed E-state index contributed by atoms with van der Waals surface area (Å²) in [7, 11) is 0. The fourth-order valence-electron chi connectivity index (χ4n) is 1.33. The van der Waals surface area contributed by atoms with Crippen LogP contribution in [0.1, 0.15) is 15.5 Å². The van der Waals surface area contributed by atoms with Crippen LogP contribution in [0.4, 0.5) is 5.69 Å². The highest BCUT2D eigenvalue weighted by atomic mass is 79.9. The molecule has 0 aliphatic rings. The van der Waals surface area contributed by atoms with Gasteiger partial charge < -0.3 is 5.73 Å². The molecule has 1 aromatic heterocycles. The number of hydrogen-bond acceptors (Lipinski definition) is 6. The van der Waals surface area contributed by atoms with Crippen LogP contribution in [0.25, 0.3) is 0 Å². The fraction of sp³-hybridized carbons (Fsp3) is 0.0909. The van der Waals surface area contributed by atoms with Crippen molar-refractivity contribution in [2.75, 3.05) is 5.73 Å². The minimum absolute atomic E-state index is 0.366. The standard InChI is InChI=1S/C11H11BrN4OS2/c12-8-3-6(13)1-2-9(8)18-4-7-5-19-11(15-7)10(17)16-14/h1-3,5H,4,13-14H2,(H,16,17). The minimum atomic E-state index is -0.366. The summed E-state index contributed by atoms with van der Waals surface area (Å²) in [6.07, 6.45) is 0. The Labute approximate surface area is 126 Å². The molecule has 0 unspecified atom stereocenters. The first-order chi connectivity index (χ1) is 9.10. The van der Waals surface area contributed by atoms with Crippen molar-refractivity contribution in [1.29, 1.82) is 0 Å². The largest absolute Gasteiger partial charge is 0.399 e. The van der Waals surface area contributed by atoms with Crippen LogP contribution in [0.2, 0.25) is 0 Å². The zero-order valence-electron chi connectivity index (χ0n) is 9.72. The topological polar surface area (TPSA) is 94.0 Å². The maximum Gasteiger partial charge on any atom is 0.294 e. The zero-order chi connectivity index (χ0) is 13.8. The lowest BCUT2D eigenvalue weighted by molar-refractivity contribution is 0.0953. The first-order valence-electron chi connectivity index (χ1n) is 5.23. The zero-order valence-corrected chi connectivity index (χ0v) is 12.9. The van der Waals surface area contributed by atoms with E-state index in [0.717, 1.165) is 15.1 Å². The van der Waals surface area contributed by atoms with E-state index in [-0.39, 0.29) is 5.91 Å². The smallest absolute Gasteiger partial charge is 0.294 e. The number of carbonyl (C=O) groups is 1. The average Bonchev–Trinajstić information content (AvgIpc) is 2.85. The summed E-state index contributed by atoms with van der Waals surface area (Å²) in [6.45, 7) is 0. The third kappa shape index (κ3) is 3.69. The van der Waals surface area contributed by atoms with E-state index in [9.17, 15) is 4.79 Å². The summed E-state index contributed by atoms with van der Waals surface area (Å²) < 4.78 is 0.952. The lowest BCUT2D eigenvalue weighted by Gasteiger charge is -2.03. The summed E-state index contributed by atoms with van der Waals surface area (Å²) in [6, 6.07) is 5.65. The Morgan fingerprint density at radius 2 is 2.32 bits per heavy atom. The molecule has 5 N–H and O–H groups in total. The molecule has 0 bridgehead atoms. The van der Waals surface area contributed by atoms with E-state index in [1.807, 2.05) is 23.6 Å². The highest BCUT2D eigenvalue weighted by molar-refractivity contribution is 9.10. The number of nitrogens with one attached hydrogen (secondary N) is 1. The van der Waals surface area contributed by atoms with Gasteiger partial charge in [0.25, 0.3) is 5.91 Å². The van der Waals surface area contributed by atoms with Gasteiger partial charge in [-0.2, -0.15) is 0 Å². The molecule has 8 heteroatoms. The highest BCUT2D eigenvalue weighted by Crippen LogP contribution is 2.31. The number of halogens is 1. The number of hydrogen-bond donors (Lipinski definition) is 3. The Morgan fingerprint density at radius 3 is 3.00 bits per heavy atom. The molecule has 19 heavy (non-hydrogen) atoms. The molecule has 0 atom stereocenters. The van der Waals surface area contributed by atoms with Crippen molar-refractivity contribution in [2.45, 2.75) is 10.6 Å². The lowest BCUT2D eigenvalue weighted by Crippen LogP contribution is -2.29. The van der Waals surface area contributed by atoms with E-state index in [0.29, 0.717) is 16.4 Å². The number of thioether (sulfide) groups is 1. The molecule has 100 valence electrons. The summed E-state index contributed by atoms with van der Waals surface area (Å²) in [4.78, 5) is 16.6. The summed E-state index contributed by atoms with van der Waals surface area (Å²) >= 11 is 6.36. The summed E-state index contributed by atoms with van der Waals surface area (Å²) in [5.74, 6) is 5.37. The molecule has 2 aromatic rings. The van der Waals surface area contributed by atoms with Crippen LogP contribution in [0.15, 0.2) is 32.9 Å². The van der Waals surface area contributed by atoms with Gasteiger partial charge in [-0.25, -0.2) is 10.8 Å². The number of aromatic nitrogens is 1. The summed E-state index contributed by atoms with van der Waals surface area (Å²) in [5, 5.41) is 2.22. The van der Waals surface area contributed by atoms with Gasteiger partial charge in [-0.05, 0) is 34.1 Å². The number of hydrazine groups is 1. The SMILES string of the molecule is NNC(=O)c1nc(CSc2ccc(N)cc2Br)cs1. The Balaban J connectivity index is 2.02. The number of nitrogens with zero attached hydrogens (tertiary/aromatic N) is 1. The number of thiazole rings is 1. The monoisotopic (exact) mass is 358 g/mol. The van der Waals surface area contributed by atoms with Crippen molar-refractivity contribution in [3.8, 4) is 0 Å². The third-order valence-electron chi connectivity index (χ3n) is 2.21. The van der Waals surface area contributed by atoms with Gasteiger partial charge in [-0.15, -0.1) is 23.1 Å². The molecule has 0 saturated heterocycles. The molecule has 0 fully saturated rings. The van der Waals surface area contributed by atoms with E-state index in [2.05, 4.69) is 26.3 Å². The Bertz CT molecular complexity index is 602. The van der Waals surface area contributed by atoms with Gasteiger partial charge in [0.15, 0.2) is 5.01 Å². The van der Waals surface area contributed by atoms with Crippen LogP contribution in [-0.2, 0) is 5.75 Å². The third-order valence-corrected chi connectivity index (χ3v) is 5.12. The van der Waals surface area contributed by atoms with E-state index >= 15 is 0 Å². The molecule has 2 rings (SSSR count). The van der Waals surface area contributed by atoms with Crippen molar-refractivity contribution in [3.05, 3.63) is 38.8 Å². The maximum absolute atomic E-state index is 11.3. The van der Waals surface area contributed by atoms with Gasteiger partial charge >= 0.3 is 0 Å². The molecule has 0 spiro atoms. The number of rotatable bonds is 4. The number of anilines is 1. The van der Waals surface area contributed by atoms with Crippen molar-refractivity contribution in [1.82, 2.24) is 10.4 Å². The van der Waals surface area contributed by atoms with Gasteiger partial charge in [-0.3, -0.25) is 10.2 Å². The van der Waals surface area contributed by atoms with Gasteiger partial charge in [0.1, 0.15) is 0 Å². The van der Waals surface area contributed by atoms with Crippen LogP contribution in [0.3, 0.4) is 0 Å². The van der Waals surface area contributed by atoms with Crippen LogP contribution in [0.5, 0.6) is 0 Å². The Hall–Kier alpha value is -1.09. The predicted molar refractivity (Wildman–Crippen MR) is 81.9 cm³/mol. The second-order valence-electron chi connectivity index (χ2n) is 3.60. The van der Waals surface area contributed by atoms with Crippen LogP contribution in [-0.4, -0.2) is 10.9 Å². The second kappa shape index (κ2) is 6.38. The van der Waals surface area contributed by atoms with Gasteiger partial charge in [0, 0.05) is 26.2 Å². The van der Waals surface area contributed by atoms with Crippen LogP contribution < -0.4 is 17.0 Å². The molecule has 5 nitrogen and oxygen atoms in total. The molecule has 0 saturated carbocycles. The first-order valence-corrected chi connectivity index (χ1v) is 7.89. The van der Waals surface area contributed by atoms with Crippen molar-refractivity contribution < 1.29 is 4.79 Å². The lowest BCUT2D eigenvalue weighted by atomic mass is 10.3. The maximum atomic E-state index is 11.3. The van der Waals surface area contributed by atoms with E-state index < -0.39 is 0 Å². The number of benzene rings is 1. The first kappa shape index (κ1) is 14.3. The van der Waals surface area contributed by atoms with Crippen LogP contribution in [0, 0.1) is 0 Å². The quantitative estimate of drug-likeness (QED) is 0.256. The molecule has 0 radical (unpaired) electrons. The molecular formula is C11H11BrN4OS2. The van der Waals surface area contributed by atoms with Crippen molar-refractivity contribution in [2.24, 2.45) is 5.84 Å². The fourth-order valence-corrected chi connectivity index (χ4v) is 3.70. The predicted octanol–water partition coefficient (Wildman–Crippen LogP) is 2.38. The highest BCUT2D eigenvalue weighted by Gasteiger charge is 2.10. The Kier molecular flexibility index (Phi) is 4.81. The van der Waals surface area contributed by atoms with Crippen molar-refractivity contribution in [3.63, 3.8) is 0 Å². The molecule has 1 amide bonds. The molecular weight excluding hydrogens is 348 g/mol. The van der Waals surface area contributed by atoms with E-state index in [1.54, 1.807) is 11.8 Å². The van der Waals surface area contributed by atoms with Crippen LogP contribution >= 0.6 is 39.0 Å². The Morgan fingerprint density at radius 1 is 1.53 bits per heavy atom. The van der Waals surface area contributed by atoms with Crippen molar-refractivity contribution >= 4 is 50.6 Å². The molecule has 0 aliphatic carbocycles. The second-order valence-corrected chi connectivity index (χ2v) is 6.33.